The molecule has 0 aliphatic rings. The van der Waals surface area contributed by atoms with Gasteiger partial charge in [-0.15, -0.1) is 0 Å². The SMILES string of the molecule is CCC(O)CNC(=O)c1cccc([N+](=O)[O-])c1Br. The molecule has 6 nitrogen and oxygen atoms in total. The molecular formula is C11H13BrN2O4. The quantitative estimate of drug-likeness (QED) is 0.640. The van der Waals surface area contributed by atoms with Gasteiger partial charge < -0.3 is 10.4 Å². The Morgan fingerprint density at radius 2 is 2.28 bits per heavy atom. The second-order valence-electron chi connectivity index (χ2n) is 3.67. The van der Waals surface area contributed by atoms with E-state index in [1.165, 1.54) is 18.2 Å². The van der Waals surface area contributed by atoms with Gasteiger partial charge >= 0.3 is 0 Å². The number of aliphatic hydroxyl groups is 1. The molecule has 7 heteroatoms. The van der Waals surface area contributed by atoms with Crippen molar-refractivity contribution in [2.75, 3.05) is 6.54 Å². The number of aliphatic hydroxyl groups excluding tert-OH is 1. The molecule has 0 spiro atoms. The lowest BCUT2D eigenvalue weighted by Crippen LogP contribution is -2.31. The zero-order chi connectivity index (χ0) is 13.7. The molecular weight excluding hydrogens is 304 g/mol. The van der Waals surface area contributed by atoms with Crippen LogP contribution in [0.4, 0.5) is 5.69 Å². The van der Waals surface area contributed by atoms with Crippen LogP contribution in [0.2, 0.25) is 0 Å². The van der Waals surface area contributed by atoms with Crippen molar-refractivity contribution in [2.45, 2.75) is 19.4 Å². The van der Waals surface area contributed by atoms with Gasteiger partial charge in [0, 0.05) is 12.6 Å². The number of carbonyl (C=O) groups is 1. The molecule has 1 rings (SSSR count). The molecule has 1 aromatic carbocycles. The van der Waals surface area contributed by atoms with E-state index in [2.05, 4.69) is 21.2 Å². The summed E-state index contributed by atoms with van der Waals surface area (Å²) in [7, 11) is 0. The molecule has 1 atom stereocenters. The van der Waals surface area contributed by atoms with Gasteiger partial charge in [0.05, 0.1) is 16.6 Å². The van der Waals surface area contributed by atoms with Crippen molar-refractivity contribution in [2.24, 2.45) is 0 Å². The summed E-state index contributed by atoms with van der Waals surface area (Å²) in [6, 6.07) is 4.22. The van der Waals surface area contributed by atoms with Crippen molar-refractivity contribution in [1.29, 1.82) is 0 Å². The lowest BCUT2D eigenvalue weighted by Gasteiger charge is -2.10. The highest BCUT2D eigenvalue weighted by Crippen LogP contribution is 2.28. The van der Waals surface area contributed by atoms with E-state index >= 15 is 0 Å². The average molecular weight is 317 g/mol. The number of hydrogen-bond donors (Lipinski definition) is 2. The monoisotopic (exact) mass is 316 g/mol. The van der Waals surface area contributed by atoms with E-state index in [0.29, 0.717) is 6.42 Å². The summed E-state index contributed by atoms with van der Waals surface area (Å²) >= 11 is 3.04. The molecule has 0 aromatic heterocycles. The van der Waals surface area contributed by atoms with Gasteiger partial charge in [0.2, 0.25) is 0 Å². The molecule has 0 saturated heterocycles. The van der Waals surface area contributed by atoms with Gasteiger partial charge in [0.15, 0.2) is 0 Å². The molecule has 0 heterocycles. The summed E-state index contributed by atoms with van der Waals surface area (Å²) in [5, 5.41) is 22.6. The molecule has 0 saturated carbocycles. The van der Waals surface area contributed by atoms with Crippen LogP contribution in [0.15, 0.2) is 22.7 Å². The largest absolute Gasteiger partial charge is 0.391 e. The maximum Gasteiger partial charge on any atom is 0.284 e. The Morgan fingerprint density at radius 3 is 2.83 bits per heavy atom. The number of nitro groups is 1. The van der Waals surface area contributed by atoms with Crippen molar-refractivity contribution in [3.05, 3.63) is 38.3 Å². The van der Waals surface area contributed by atoms with Gasteiger partial charge in [0.25, 0.3) is 11.6 Å². The number of nitrogens with one attached hydrogen (secondary N) is 1. The normalized spacial score (nSPS) is 11.9. The summed E-state index contributed by atoms with van der Waals surface area (Å²) in [5.74, 6) is -0.460. The first-order valence-electron chi connectivity index (χ1n) is 5.36. The van der Waals surface area contributed by atoms with Crippen molar-refractivity contribution < 1.29 is 14.8 Å². The van der Waals surface area contributed by atoms with Gasteiger partial charge in [0.1, 0.15) is 4.47 Å². The number of rotatable bonds is 5. The summed E-state index contributed by atoms with van der Waals surface area (Å²) in [6.45, 7) is 1.91. The van der Waals surface area contributed by atoms with Crippen LogP contribution in [0.5, 0.6) is 0 Å². The van der Waals surface area contributed by atoms with Gasteiger partial charge in [-0.3, -0.25) is 14.9 Å². The third-order valence-corrected chi connectivity index (χ3v) is 3.22. The average Bonchev–Trinajstić information content (AvgIpc) is 2.35. The van der Waals surface area contributed by atoms with E-state index in [0.717, 1.165) is 0 Å². The van der Waals surface area contributed by atoms with Crippen LogP contribution < -0.4 is 5.32 Å². The molecule has 2 N–H and O–H groups in total. The van der Waals surface area contributed by atoms with E-state index < -0.39 is 16.9 Å². The maximum absolute atomic E-state index is 11.8. The van der Waals surface area contributed by atoms with Gasteiger partial charge in [-0.25, -0.2) is 0 Å². The molecule has 1 amide bonds. The first-order chi connectivity index (χ1) is 8.47. The highest BCUT2D eigenvalue weighted by molar-refractivity contribution is 9.10. The Morgan fingerprint density at radius 1 is 1.61 bits per heavy atom. The van der Waals surface area contributed by atoms with E-state index in [1.54, 1.807) is 6.92 Å². The minimum atomic E-state index is -0.619. The van der Waals surface area contributed by atoms with Gasteiger partial charge in [-0.2, -0.15) is 0 Å². The van der Waals surface area contributed by atoms with Crippen LogP contribution in [0.3, 0.4) is 0 Å². The smallest absolute Gasteiger partial charge is 0.284 e. The Balaban J connectivity index is 2.86. The zero-order valence-electron chi connectivity index (χ0n) is 9.72. The molecule has 0 radical (unpaired) electrons. The lowest BCUT2D eigenvalue weighted by molar-refractivity contribution is -0.385. The number of nitrogens with zero attached hydrogens (tertiary/aromatic N) is 1. The number of carbonyl (C=O) groups excluding carboxylic acids is 1. The lowest BCUT2D eigenvalue weighted by atomic mass is 10.2. The molecule has 0 aliphatic heterocycles. The summed E-state index contributed by atoms with van der Waals surface area (Å²) in [5.41, 5.74) is 0.00573. The van der Waals surface area contributed by atoms with Crippen LogP contribution in [0.1, 0.15) is 23.7 Å². The molecule has 1 unspecified atom stereocenters. The number of nitro benzene ring substituents is 1. The Hall–Kier alpha value is -1.47. The minimum Gasteiger partial charge on any atom is -0.391 e. The van der Waals surface area contributed by atoms with Crippen LogP contribution >= 0.6 is 15.9 Å². The number of hydrogen-bond acceptors (Lipinski definition) is 4. The standard InChI is InChI=1S/C11H13BrN2O4/c1-2-7(15)6-13-11(16)8-4-3-5-9(10(8)12)14(17)18/h3-5,7,15H,2,6H2,1H3,(H,13,16). The van der Waals surface area contributed by atoms with Crippen molar-refractivity contribution in [3.8, 4) is 0 Å². The predicted octanol–water partition coefficient (Wildman–Crippen LogP) is 1.86. The molecule has 1 aromatic rings. The van der Waals surface area contributed by atoms with Crippen molar-refractivity contribution in [1.82, 2.24) is 5.32 Å². The van der Waals surface area contributed by atoms with Crippen LogP contribution in [-0.2, 0) is 0 Å². The Labute approximate surface area is 112 Å². The van der Waals surface area contributed by atoms with Gasteiger partial charge in [-0.05, 0) is 28.4 Å². The van der Waals surface area contributed by atoms with Crippen LogP contribution in [0, 0.1) is 10.1 Å². The fourth-order valence-electron chi connectivity index (χ4n) is 1.29. The highest BCUT2D eigenvalue weighted by atomic mass is 79.9. The Kier molecular flexibility index (Phi) is 5.24. The van der Waals surface area contributed by atoms with E-state index in [1.807, 2.05) is 0 Å². The minimum absolute atomic E-state index is 0.116. The third-order valence-electron chi connectivity index (χ3n) is 2.39. The molecule has 0 fully saturated rings. The number of amides is 1. The number of benzene rings is 1. The van der Waals surface area contributed by atoms with E-state index in [9.17, 15) is 20.0 Å². The first kappa shape index (κ1) is 14.6. The van der Waals surface area contributed by atoms with Crippen molar-refractivity contribution >= 4 is 27.5 Å². The molecule has 98 valence electrons. The predicted molar refractivity (Wildman–Crippen MR) is 69.4 cm³/mol. The van der Waals surface area contributed by atoms with Crippen LogP contribution in [0.25, 0.3) is 0 Å². The second kappa shape index (κ2) is 6.46. The second-order valence-corrected chi connectivity index (χ2v) is 4.46. The summed E-state index contributed by atoms with van der Waals surface area (Å²) in [6.07, 6.45) is -0.0949. The summed E-state index contributed by atoms with van der Waals surface area (Å²) in [4.78, 5) is 21.9. The fraction of sp³-hybridized carbons (Fsp3) is 0.364. The third kappa shape index (κ3) is 3.51. The first-order valence-corrected chi connectivity index (χ1v) is 6.15. The Bertz CT molecular complexity index is 464. The highest BCUT2D eigenvalue weighted by Gasteiger charge is 2.19. The van der Waals surface area contributed by atoms with E-state index in [-0.39, 0.29) is 22.3 Å². The molecule has 0 aliphatic carbocycles. The molecule has 0 bridgehead atoms. The fourth-order valence-corrected chi connectivity index (χ4v) is 1.88. The topological polar surface area (TPSA) is 92.5 Å². The zero-order valence-corrected chi connectivity index (χ0v) is 11.3. The van der Waals surface area contributed by atoms with Crippen molar-refractivity contribution in [3.63, 3.8) is 0 Å². The maximum atomic E-state index is 11.8. The molecule has 18 heavy (non-hydrogen) atoms. The van der Waals surface area contributed by atoms with E-state index in [4.69, 9.17) is 0 Å². The number of halogens is 1. The summed E-state index contributed by atoms with van der Waals surface area (Å²) < 4.78 is 0.137. The van der Waals surface area contributed by atoms with Gasteiger partial charge in [-0.1, -0.05) is 13.0 Å². The van der Waals surface area contributed by atoms with Crippen LogP contribution in [-0.4, -0.2) is 28.6 Å².